The minimum Gasteiger partial charge on any atom is -0.494 e. The maximum atomic E-state index is 13.3. The minimum atomic E-state index is -0.432. The van der Waals surface area contributed by atoms with Gasteiger partial charge >= 0.3 is 5.97 Å². The third-order valence-corrected chi connectivity index (χ3v) is 6.15. The number of nitrogens with one attached hydrogen (secondary N) is 1. The molecule has 0 aromatic heterocycles. The molecule has 4 rings (SSSR count). The molecule has 1 N–H and O–H groups in total. The molecule has 172 valence electrons. The summed E-state index contributed by atoms with van der Waals surface area (Å²) < 4.78 is 11.4. The largest absolute Gasteiger partial charge is 0.494 e. The highest BCUT2D eigenvalue weighted by Crippen LogP contribution is 2.42. The van der Waals surface area contributed by atoms with E-state index in [2.05, 4.69) is 12.2 Å². The molecule has 0 saturated heterocycles. The minimum absolute atomic E-state index is 0.0992. The van der Waals surface area contributed by atoms with Crippen molar-refractivity contribution in [2.24, 2.45) is 0 Å². The standard InChI is InChI=1S/C28H31NO4/c1-3-17-32-22-14-12-21(13-15-22)26-25(19(2)29-23-10-7-11-24(30)27(23)26)28(31)33-18-16-20-8-5-4-6-9-20/h4-6,8-9,12-15,26,29H,3,7,10-11,16-18H2,1-2H3/t26-/m1/s1. The number of carbonyl (C=O) groups excluding carboxylic acids is 2. The summed E-state index contributed by atoms with van der Waals surface area (Å²) in [7, 11) is 0. The van der Waals surface area contributed by atoms with Crippen molar-refractivity contribution in [3.05, 3.63) is 88.3 Å². The lowest BCUT2D eigenvalue weighted by Crippen LogP contribution is -2.34. The van der Waals surface area contributed by atoms with Crippen molar-refractivity contribution in [2.45, 2.75) is 51.9 Å². The second-order valence-corrected chi connectivity index (χ2v) is 8.55. The molecule has 1 heterocycles. The lowest BCUT2D eigenvalue weighted by atomic mass is 9.75. The van der Waals surface area contributed by atoms with Crippen molar-refractivity contribution >= 4 is 11.8 Å². The van der Waals surface area contributed by atoms with Gasteiger partial charge in [-0.05, 0) is 49.4 Å². The van der Waals surface area contributed by atoms with E-state index in [9.17, 15) is 9.59 Å². The van der Waals surface area contributed by atoms with Crippen LogP contribution in [0.3, 0.4) is 0 Å². The Morgan fingerprint density at radius 1 is 1.03 bits per heavy atom. The van der Waals surface area contributed by atoms with Gasteiger partial charge in [0, 0.05) is 35.7 Å². The molecule has 2 aromatic rings. The summed E-state index contributed by atoms with van der Waals surface area (Å²) in [5.74, 6) is 0.0733. The van der Waals surface area contributed by atoms with E-state index < -0.39 is 5.92 Å². The Bertz CT molecular complexity index is 1070. The van der Waals surface area contributed by atoms with Crippen LogP contribution < -0.4 is 10.1 Å². The first-order valence-corrected chi connectivity index (χ1v) is 11.8. The van der Waals surface area contributed by atoms with Crippen molar-refractivity contribution in [3.63, 3.8) is 0 Å². The van der Waals surface area contributed by atoms with E-state index in [0.717, 1.165) is 47.5 Å². The Balaban J connectivity index is 1.60. The van der Waals surface area contributed by atoms with Crippen LogP contribution in [0, 0.1) is 0 Å². The molecule has 0 spiro atoms. The predicted molar refractivity (Wildman–Crippen MR) is 128 cm³/mol. The fourth-order valence-corrected chi connectivity index (χ4v) is 4.55. The van der Waals surface area contributed by atoms with Crippen LogP contribution in [0.15, 0.2) is 77.1 Å². The van der Waals surface area contributed by atoms with Gasteiger partial charge in [0.05, 0.1) is 18.8 Å². The highest BCUT2D eigenvalue weighted by atomic mass is 16.5. The number of ether oxygens (including phenoxy) is 2. The molecule has 0 saturated carbocycles. The van der Waals surface area contributed by atoms with Gasteiger partial charge in [0.25, 0.3) is 0 Å². The Morgan fingerprint density at radius 2 is 1.79 bits per heavy atom. The Morgan fingerprint density at radius 3 is 2.52 bits per heavy atom. The zero-order valence-corrected chi connectivity index (χ0v) is 19.4. The molecule has 0 bridgehead atoms. The van der Waals surface area contributed by atoms with E-state index in [4.69, 9.17) is 9.47 Å². The summed E-state index contributed by atoms with van der Waals surface area (Å²) in [4.78, 5) is 26.3. The summed E-state index contributed by atoms with van der Waals surface area (Å²) in [5, 5.41) is 3.34. The third-order valence-electron chi connectivity index (χ3n) is 6.15. The van der Waals surface area contributed by atoms with Crippen LogP contribution in [0.4, 0.5) is 0 Å². The van der Waals surface area contributed by atoms with Gasteiger partial charge in [-0.15, -0.1) is 0 Å². The molecule has 1 aliphatic carbocycles. The SMILES string of the molecule is CCCOc1ccc([C@@H]2C(C(=O)OCCc3ccccc3)=C(C)NC3=C2C(=O)CCC3)cc1. The summed E-state index contributed by atoms with van der Waals surface area (Å²) in [6.07, 6.45) is 3.72. The van der Waals surface area contributed by atoms with E-state index in [1.54, 1.807) is 0 Å². The van der Waals surface area contributed by atoms with Crippen LogP contribution in [0.2, 0.25) is 0 Å². The molecule has 0 fully saturated rings. The number of ketones is 1. The van der Waals surface area contributed by atoms with Crippen molar-refractivity contribution in [3.8, 4) is 5.75 Å². The highest BCUT2D eigenvalue weighted by Gasteiger charge is 2.39. The van der Waals surface area contributed by atoms with E-state index in [1.807, 2.05) is 61.5 Å². The number of esters is 1. The first-order valence-electron chi connectivity index (χ1n) is 11.8. The van der Waals surface area contributed by atoms with Crippen molar-refractivity contribution in [2.75, 3.05) is 13.2 Å². The number of dihydropyridines is 1. The number of allylic oxidation sites excluding steroid dienone is 3. The van der Waals surface area contributed by atoms with Crippen molar-refractivity contribution in [1.29, 1.82) is 0 Å². The second kappa shape index (κ2) is 10.5. The van der Waals surface area contributed by atoms with Gasteiger partial charge in [-0.2, -0.15) is 0 Å². The third kappa shape index (κ3) is 5.19. The Hall–Kier alpha value is -3.34. The fourth-order valence-electron chi connectivity index (χ4n) is 4.55. The normalized spacial score (nSPS) is 18.0. The smallest absolute Gasteiger partial charge is 0.336 e. The number of carbonyl (C=O) groups is 2. The van der Waals surface area contributed by atoms with Gasteiger partial charge in [-0.25, -0.2) is 4.79 Å². The maximum absolute atomic E-state index is 13.3. The van der Waals surface area contributed by atoms with Gasteiger partial charge in [0.2, 0.25) is 0 Å². The van der Waals surface area contributed by atoms with Gasteiger partial charge in [0.15, 0.2) is 5.78 Å². The first kappa shape index (κ1) is 22.8. The van der Waals surface area contributed by atoms with E-state index >= 15 is 0 Å². The molecule has 2 aliphatic rings. The van der Waals surface area contributed by atoms with E-state index in [0.29, 0.717) is 30.6 Å². The van der Waals surface area contributed by atoms with Crippen molar-refractivity contribution in [1.82, 2.24) is 5.32 Å². The summed E-state index contributed by atoms with van der Waals surface area (Å²) in [5.41, 5.74) is 4.91. The highest BCUT2D eigenvalue weighted by molar-refractivity contribution is 6.03. The van der Waals surface area contributed by atoms with Gasteiger partial charge in [-0.1, -0.05) is 49.4 Å². The molecule has 0 unspecified atom stereocenters. The lowest BCUT2D eigenvalue weighted by molar-refractivity contribution is -0.139. The molecule has 2 aromatic carbocycles. The molecular weight excluding hydrogens is 414 g/mol. The maximum Gasteiger partial charge on any atom is 0.336 e. The second-order valence-electron chi connectivity index (χ2n) is 8.55. The topological polar surface area (TPSA) is 64.6 Å². The van der Waals surface area contributed by atoms with E-state index in [1.165, 1.54) is 0 Å². The quantitative estimate of drug-likeness (QED) is 0.564. The number of rotatable bonds is 8. The Kier molecular flexibility index (Phi) is 7.28. The number of benzene rings is 2. The van der Waals surface area contributed by atoms with Crippen LogP contribution in [0.1, 0.15) is 56.6 Å². The van der Waals surface area contributed by atoms with Crippen LogP contribution in [0.25, 0.3) is 0 Å². The van der Waals surface area contributed by atoms with Crippen LogP contribution in [-0.4, -0.2) is 25.0 Å². The fraction of sp³-hybridized carbons (Fsp3) is 0.357. The molecule has 0 amide bonds. The molecule has 1 atom stereocenters. The molecular formula is C28H31NO4. The van der Waals surface area contributed by atoms with Crippen LogP contribution in [0.5, 0.6) is 5.75 Å². The summed E-state index contributed by atoms with van der Waals surface area (Å²) in [6, 6.07) is 17.7. The molecule has 5 heteroatoms. The summed E-state index contributed by atoms with van der Waals surface area (Å²) >= 11 is 0. The molecule has 1 aliphatic heterocycles. The zero-order chi connectivity index (χ0) is 23.2. The van der Waals surface area contributed by atoms with E-state index in [-0.39, 0.29) is 18.4 Å². The zero-order valence-electron chi connectivity index (χ0n) is 19.4. The molecule has 5 nitrogen and oxygen atoms in total. The van der Waals surface area contributed by atoms with Crippen LogP contribution >= 0.6 is 0 Å². The average Bonchev–Trinajstić information content (AvgIpc) is 2.83. The number of hydrogen-bond acceptors (Lipinski definition) is 5. The van der Waals surface area contributed by atoms with Crippen LogP contribution in [-0.2, 0) is 20.7 Å². The summed E-state index contributed by atoms with van der Waals surface area (Å²) in [6.45, 7) is 4.90. The van der Waals surface area contributed by atoms with Crippen molar-refractivity contribution < 1.29 is 19.1 Å². The van der Waals surface area contributed by atoms with Gasteiger partial charge in [-0.3, -0.25) is 4.79 Å². The molecule has 33 heavy (non-hydrogen) atoms. The number of Topliss-reactive ketones (excluding diaryl/α,β-unsaturated/α-hetero) is 1. The molecule has 0 radical (unpaired) electrons. The first-order chi connectivity index (χ1) is 16.1. The lowest BCUT2D eigenvalue weighted by Gasteiger charge is -2.34. The monoisotopic (exact) mass is 445 g/mol. The number of hydrogen-bond donors (Lipinski definition) is 1. The predicted octanol–water partition coefficient (Wildman–Crippen LogP) is 5.23. The van der Waals surface area contributed by atoms with Gasteiger partial charge in [0.1, 0.15) is 5.75 Å². The Labute approximate surface area is 195 Å². The van der Waals surface area contributed by atoms with Gasteiger partial charge < -0.3 is 14.8 Å². The average molecular weight is 446 g/mol.